The van der Waals surface area contributed by atoms with Gasteiger partial charge in [0, 0.05) is 12.1 Å². The van der Waals surface area contributed by atoms with Crippen LogP contribution >= 0.6 is 23.1 Å². The van der Waals surface area contributed by atoms with Gasteiger partial charge in [0.2, 0.25) is 5.91 Å². The largest absolute Gasteiger partial charge is 0.462 e. The summed E-state index contributed by atoms with van der Waals surface area (Å²) >= 11 is 2.19. The van der Waals surface area contributed by atoms with Crippen molar-refractivity contribution in [3.8, 4) is 0 Å². The van der Waals surface area contributed by atoms with Crippen LogP contribution < -0.4 is 10.6 Å². The van der Waals surface area contributed by atoms with Gasteiger partial charge in [-0.1, -0.05) is 42.8 Å². The van der Waals surface area contributed by atoms with Gasteiger partial charge < -0.3 is 24.7 Å². The fraction of sp³-hybridized carbons (Fsp3) is 0.448. The van der Waals surface area contributed by atoms with E-state index in [1.54, 1.807) is 33.8 Å². The standard InChI is InChI=1S/C29H37N5O6S2/c1-7-10-14-34-21(16-30-25(36)20-13-11-12-17(4)15-20)32-33-29(34)41-19(6)24(35)31-26-22(27(37)39-8-2)18(5)23(42-26)28(38)40-9-3/h11-13,15,19H,7-10,14,16H2,1-6H3,(H,30,36)(H,31,35)/t19-/m1/s1. The molecule has 3 rings (SSSR count). The Morgan fingerprint density at radius 1 is 1.05 bits per heavy atom. The molecule has 42 heavy (non-hydrogen) atoms. The Morgan fingerprint density at radius 3 is 2.43 bits per heavy atom. The van der Waals surface area contributed by atoms with Gasteiger partial charge in [-0.15, -0.1) is 21.5 Å². The zero-order chi connectivity index (χ0) is 30.8. The number of nitrogens with zero attached hydrogens (tertiary/aromatic N) is 3. The van der Waals surface area contributed by atoms with Gasteiger partial charge in [0.05, 0.1) is 30.6 Å². The van der Waals surface area contributed by atoms with Gasteiger partial charge in [-0.3, -0.25) is 9.59 Å². The molecule has 2 heterocycles. The number of thiophene rings is 1. The normalized spacial score (nSPS) is 11.6. The number of aromatic nitrogens is 3. The topological polar surface area (TPSA) is 142 Å². The van der Waals surface area contributed by atoms with Crippen LogP contribution in [-0.2, 0) is 27.4 Å². The Hall–Kier alpha value is -3.71. The molecule has 0 unspecified atom stereocenters. The number of esters is 2. The Kier molecular flexibility index (Phi) is 12.1. The van der Waals surface area contributed by atoms with Gasteiger partial charge in [-0.25, -0.2) is 9.59 Å². The number of nitrogens with one attached hydrogen (secondary N) is 2. The first-order valence-electron chi connectivity index (χ1n) is 13.8. The molecule has 0 bridgehead atoms. The number of ether oxygens (including phenoxy) is 2. The minimum Gasteiger partial charge on any atom is -0.462 e. The lowest BCUT2D eigenvalue weighted by Gasteiger charge is -2.14. The quantitative estimate of drug-likeness (QED) is 0.186. The van der Waals surface area contributed by atoms with Crippen molar-refractivity contribution >= 4 is 51.9 Å². The third-order valence-corrected chi connectivity index (χ3v) is 8.46. The van der Waals surface area contributed by atoms with Gasteiger partial charge in [-0.2, -0.15) is 0 Å². The lowest BCUT2D eigenvalue weighted by molar-refractivity contribution is -0.115. The summed E-state index contributed by atoms with van der Waals surface area (Å²) in [5.74, 6) is -1.22. The molecule has 0 aliphatic rings. The molecular weight excluding hydrogens is 578 g/mol. The molecule has 2 amide bonds. The highest BCUT2D eigenvalue weighted by molar-refractivity contribution is 8.00. The average molecular weight is 616 g/mol. The van der Waals surface area contributed by atoms with Crippen LogP contribution in [0.2, 0.25) is 0 Å². The van der Waals surface area contributed by atoms with Crippen LogP contribution in [0, 0.1) is 13.8 Å². The lowest BCUT2D eigenvalue weighted by Crippen LogP contribution is -2.25. The number of carbonyl (C=O) groups is 4. The van der Waals surface area contributed by atoms with Crippen LogP contribution in [-0.4, -0.2) is 57.0 Å². The third kappa shape index (κ3) is 8.19. The highest BCUT2D eigenvalue weighted by atomic mass is 32.2. The van der Waals surface area contributed by atoms with Crippen LogP contribution in [0.25, 0.3) is 0 Å². The summed E-state index contributed by atoms with van der Waals surface area (Å²) in [7, 11) is 0. The van der Waals surface area contributed by atoms with Gasteiger partial charge in [-0.05, 0) is 58.7 Å². The van der Waals surface area contributed by atoms with Crippen molar-refractivity contribution in [2.45, 2.75) is 77.9 Å². The predicted molar refractivity (Wildman–Crippen MR) is 162 cm³/mol. The van der Waals surface area contributed by atoms with Crippen LogP contribution in [0.3, 0.4) is 0 Å². The van der Waals surface area contributed by atoms with E-state index in [9.17, 15) is 19.2 Å². The molecule has 0 spiro atoms. The molecule has 2 N–H and O–H groups in total. The van der Waals surface area contributed by atoms with Crippen LogP contribution in [0.15, 0.2) is 29.4 Å². The molecular formula is C29H37N5O6S2. The molecule has 11 nitrogen and oxygen atoms in total. The van der Waals surface area contributed by atoms with Crippen molar-refractivity contribution in [2.24, 2.45) is 0 Å². The number of amides is 2. The Labute approximate surface area is 253 Å². The van der Waals surface area contributed by atoms with E-state index in [1.807, 2.05) is 29.7 Å². The van der Waals surface area contributed by atoms with E-state index in [4.69, 9.17) is 9.47 Å². The Morgan fingerprint density at radius 2 is 1.76 bits per heavy atom. The monoisotopic (exact) mass is 615 g/mol. The molecule has 1 aromatic carbocycles. The molecule has 0 radical (unpaired) electrons. The van der Waals surface area contributed by atoms with Crippen molar-refractivity contribution in [1.82, 2.24) is 20.1 Å². The first-order chi connectivity index (χ1) is 20.1. The fourth-order valence-corrected chi connectivity index (χ4v) is 5.98. The van der Waals surface area contributed by atoms with Gasteiger partial charge in [0.1, 0.15) is 9.88 Å². The van der Waals surface area contributed by atoms with Crippen molar-refractivity contribution in [1.29, 1.82) is 0 Å². The maximum absolute atomic E-state index is 13.3. The second-order valence-electron chi connectivity index (χ2n) is 9.41. The maximum atomic E-state index is 13.3. The zero-order valence-corrected chi connectivity index (χ0v) is 26.4. The summed E-state index contributed by atoms with van der Waals surface area (Å²) in [6, 6.07) is 7.33. The second kappa shape index (κ2) is 15.5. The van der Waals surface area contributed by atoms with E-state index in [1.165, 1.54) is 11.8 Å². The zero-order valence-electron chi connectivity index (χ0n) is 24.7. The first kappa shape index (κ1) is 32.8. The van der Waals surface area contributed by atoms with E-state index in [0.29, 0.717) is 28.7 Å². The number of thioether (sulfide) groups is 1. The molecule has 0 fully saturated rings. The molecule has 0 aliphatic carbocycles. The summed E-state index contributed by atoms with van der Waals surface area (Å²) < 4.78 is 12.2. The Balaban J connectivity index is 1.77. The summed E-state index contributed by atoms with van der Waals surface area (Å²) in [6.45, 7) is 11.8. The minimum atomic E-state index is -0.632. The van der Waals surface area contributed by atoms with Crippen molar-refractivity contribution in [2.75, 3.05) is 18.5 Å². The van der Waals surface area contributed by atoms with Crippen molar-refractivity contribution in [3.05, 3.63) is 57.2 Å². The van der Waals surface area contributed by atoms with E-state index in [0.717, 1.165) is 29.7 Å². The highest BCUT2D eigenvalue weighted by Crippen LogP contribution is 2.35. The number of rotatable bonds is 14. The SMILES string of the molecule is CCCCn1c(CNC(=O)c2cccc(C)c2)nnc1S[C@H](C)C(=O)Nc1sc(C(=O)OCC)c(C)c1C(=O)OCC. The number of unbranched alkanes of at least 4 members (excludes halogenated alkanes) is 1. The fourth-order valence-electron chi connectivity index (χ4n) is 3.99. The van der Waals surface area contributed by atoms with Crippen LogP contribution in [0.1, 0.15) is 87.9 Å². The van der Waals surface area contributed by atoms with E-state index in [-0.39, 0.29) is 47.0 Å². The molecule has 226 valence electrons. The number of anilines is 1. The Bertz CT molecular complexity index is 1430. The smallest absolute Gasteiger partial charge is 0.348 e. The summed E-state index contributed by atoms with van der Waals surface area (Å²) in [6.07, 6.45) is 1.80. The second-order valence-corrected chi connectivity index (χ2v) is 11.7. The maximum Gasteiger partial charge on any atom is 0.348 e. The summed E-state index contributed by atoms with van der Waals surface area (Å²) in [5, 5.41) is 14.4. The van der Waals surface area contributed by atoms with E-state index >= 15 is 0 Å². The average Bonchev–Trinajstić information content (AvgIpc) is 3.49. The van der Waals surface area contributed by atoms with Gasteiger partial charge >= 0.3 is 11.9 Å². The first-order valence-corrected chi connectivity index (χ1v) is 15.5. The molecule has 0 saturated heterocycles. The van der Waals surface area contributed by atoms with Crippen LogP contribution in [0.5, 0.6) is 0 Å². The molecule has 3 aromatic rings. The van der Waals surface area contributed by atoms with Crippen LogP contribution in [0.4, 0.5) is 5.00 Å². The van der Waals surface area contributed by atoms with Crippen molar-refractivity contribution < 1.29 is 28.7 Å². The third-order valence-electron chi connectivity index (χ3n) is 6.19. The highest BCUT2D eigenvalue weighted by Gasteiger charge is 2.29. The molecule has 13 heteroatoms. The van der Waals surface area contributed by atoms with Gasteiger partial charge in [0.25, 0.3) is 5.91 Å². The number of hydrogen-bond acceptors (Lipinski definition) is 10. The molecule has 0 saturated carbocycles. The predicted octanol–water partition coefficient (Wildman–Crippen LogP) is 5.16. The number of carbonyl (C=O) groups excluding carboxylic acids is 4. The molecule has 1 atom stereocenters. The molecule has 2 aromatic heterocycles. The summed E-state index contributed by atoms with van der Waals surface area (Å²) in [5.41, 5.74) is 2.08. The van der Waals surface area contributed by atoms with Gasteiger partial charge in [0.15, 0.2) is 11.0 Å². The lowest BCUT2D eigenvalue weighted by atomic mass is 10.1. The number of hydrogen-bond donors (Lipinski definition) is 2. The summed E-state index contributed by atoms with van der Waals surface area (Å²) in [4.78, 5) is 51.4. The number of aryl methyl sites for hydroxylation is 1. The minimum absolute atomic E-state index is 0.133. The van der Waals surface area contributed by atoms with Crippen molar-refractivity contribution in [3.63, 3.8) is 0 Å². The van der Waals surface area contributed by atoms with E-state index < -0.39 is 17.2 Å². The van der Waals surface area contributed by atoms with E-state index in [2.05, 4.69) is 27.8 Å². The number of benzene rings is 1. The molecule has 0 aliphatic heterocycles.